The zero-order valence-corrected chi connectivity index (χ0v) is 11.3. The molecule has 2 heterocycles. The lowest BCUT2D eigenvalue weighted by molar-refractivity contribution is -0.926. The first-order valence-corrected chi connectivity index (χ1v) is 7.47. The molecule has 16 heavy (non-hydrogen) atoms. The quantitative estimate of drug-likeness (QED) is 0.438. The van der Waals surface area contributed by atoms with Gasteiger partial charge in [0, 0.05) is 5.92 Å². The average molecular weight is 270 g/mol. The van der Waals surface area contributed by atoms with E-state index >= 15 is 0 Å². The molecule has 0 N–H and O–H groups in total. The molecule has 2 fully saturated rings. The van der Waals surface area contributed by atoms with Gasteiger partial charge in [-0.25, -0.2) is 8.42 Å². The lowest BCUT2D eigenvalue weighted by atomic mass is 10.1. The van der Waals surface area contributed by atoms with E-state index in [1.54, 1.807) is 0 Å². The first kappa shape index (κ1) is 14.2. The predicted molar refractivity (Wildman–Crippen MR) is 58.4 cm³/mol. The summed E-state index contributed by atoms with van der Waals surface area (Å²) < 4.78 is 29.3. The zero-order chi connectivity index (χ0) is 10.9. The summed E-state index contributed by atoms with van der Waals surface area (Å²) >= 11 is 0. The molecule has 0 aromatic carbocycles. The van der Waals surface area contributed by atoms with Crippen molar-refractivity contribution >= 4 is 9.84 Å². The topological polar surface area (TPSA) is 43.4 Å². The van der Waals surface area contributed by atoms with E-state index in [1.165, 1.54) is 0 Å². The normalized spacial score (nSPS) is 32.7. The summed E-state index contributed by atoms with van der Waals surface area (Å²) in [6.07, 6.45) is 0. The Morgan fingerprint density at radius 2 is 1.81 bits per heavy atom. The number of quaternary nitrogens is 1. The summed E-state index contributed by atoms with van der Waals surface area (Å²) in [7, 11) is -2.74. The molecule has 0 saturated carbocycles. The van der Waals surface area contributed by atoms with Crippen molar-refractivity contribution < 1.29 is 30.0 Å². The van der Waals surface area contributed by atoms with Gasteiger partial charge in [0.25, 0.3) is 0 Å². The van der Waals surface area contributed by atoms with Crippen LogP contribution in [0.2, 0.25) is 0 Å². The molecule has 2 aliphatic heterocycles. The second-order valence-corrected chi connectivity index (χ2v) is 7.33. The fourth-order valence-corrected chi connectivity index (χ4v) is 4.17. The summed E-state index contributed by atoms with van der Waals surface area (Å²) in [5.41, 5.74) is 0. The highest BCUT2D eigenvalue weighted by molar-refractivity contribution is 7.91. The fourth-order valence-electron chi connectivity index (χ4n) is 2.63. The molecule has 1 spiro atoms. The van der Waals surface area contributed by atoms with Crippen LogP contribution in [0.4, 0.5) is 0 Å². The maximum absolute atomic E-state index is 11.4. The van der Waals surface area contributed by atoms with Gasteiger partial charge >= 0.3 is 0 Å². The van der Waals surface area contributed by atoms with Crippen LogP contribution in [0.15, 0.2) is 0 Å². The Morgan fingerprint density at radius 3 is 2.44 bits per heavy atom. The highest BCUT2D eigenvalue weighted by atomic mass is 35.5. The van der Waals surface area contributed by atoms with Crippen LogP contribution < -0.4 is 12.4 Å². The third-order valence-corrected chi connectivity index (χ3v) is 5.17. The van der Waals surface area contributed by atoms with Gasteiger partial charge in [-0.05, 0) is 0 Å². The molecule has 2 aliphatic rings. The molecular weight excluding hydrogens is 250 g/mol. The third kappa shape index (κ3) is 3.32. The number of ether oxygens (including phenoxy) is 1. The molecule has 2 rings (SSSR count). The van der Waals surface area contributed by atoms with Gasteiger partial charge in [-0.3, -0.25) is 0 Å². The number of hydrogen-bond donors (Lipinski definition) is 0. The Kier molecular flexibility index (Phi) is 4.63. The van der Waals surface area contributed by atoms with Crippen molar-refractivity contribution in [3.8, 4) is 0 Å². The van der Waals surface area contributed by atoms with Crippen molar-refractivity contribution in [2.75, 3.05) is 50.9 Å². The predicted octanol–water partition coefficient (Wildman–Crippen LogP) is -3.10. The molecule has 6 heteroatoms. The smallest absolute Gasteiger partial charge is 0.161 e. The Bertz CT molecular complexity index is 317. The van der Waals surface area contributed by atoms with Crippen LogP contribution in [0.5, 0.6) is 0 Å². The van der Waals surface area contributed by atoms with Crippen LogP contribution >= 0.6 is 0 Å². The van der Waals surface area contributed by atoms with Gasteiger partial charge in [0.2, 0.25) is 0 Å². The standard InChI is InChI=1S/C10H20NO3S.ClH/c1-10-8-11(2-5-14-9-10)3-6-15(12,13)7-4-11;/h10H,2-9H2,1H3;1H/q+1;/p-1. The third-order valence-electron chi connectivity index (χ3n) is 3.56. The molecule has 0 amide bonds. The van der Waals surface area contributed by atoms with Gasteiger partial charge in [-0.15, -0.1) is 0 Å². The van der Waals surface area contributed by atoms with E-state index in [0.717, 1.165) is 43.9 Å². The van der Waals surface area contributed by atoms with E-state index < -0.39 is 9.84 Å². The van der Waals surface area contributed by atoms with Crippen LogP contribution in [0.1, 0.15) is 6.92 Å². The summed E-state index contributed by atoms with van der Waals surface area (Å²) in [6, 6.07) is 0. The Morgan fingerprint density at radius 1 is 1.19 bits per heavy atom. The summed E-state index contributed by atoms with van der Waals surface area (Å²) in [5.74, 6) is 1.27. The maximum atomic E-state index is 11.4. The Balaban J connectivity index is 0.00000128. The zero-order valence-electron chi connectivity index (χ0n) is 9.69. The lowest BCUT2D eigenvalue weighted by Gasteiger charge is -2.41. The van der Waals surface area contributed by atoms with E-state index in [4.69, 9.17) is 4.74 Å². The van der Waals surface area contributed by atoms with Gasteiger partial charge in [-0.1, -0.05) is 6.92 Å². The number of halogens is 1. The van der Waals surface area contributed by atoms with E-state index in [9.17, 15) is 8.42 Å². The minimum atomic E-state index is -2.74. The van der Waals surface area contributed by atoms with Crippen LogP contribution in [0.3, 0.4) is 0 Å². The molecule has 2 saturated heterocycles. The van der Waals surface area contributed by atoms with Crippen LogP contribution in [0, 0.1) is 5.92 Å². The van der Waals surface area contributed by atoms with Crippen molar-refractivity contribution in [2.24, 2.45) is 5.92 Å². The van der Waals surface area contributed by atoms with Crippen molar-refractivity contribution in [2.45, 2.75) is 6.92 Å². The SMILES string of the molecule is CC1COCC[N+]2(CCS(=O)(=O)CC2)C1.[Cl-]. The number of sulfone groups is 1. The van der Waals surface area contributed by atoms with Crippen LogP contribution in [0.25, 0.3) is 0 Å². The minimum Gasteiger partial charge on any atom is -1.00 e. The first-order chi connectivity index (χ1) is 7.02. The monoisotopic (exact) mass is 269 g/mol. The Hall–Kier alpha value is 0.160. The molecule has 1 unspecified atom stereocenters. The second kappa shape index (κ2) is 5.21. The van der Waals surface area contributed by atoms with Crippen molar-refractivity contribution in [3.05, 3.63) is 0 Å². The van der Waals surface area contributed by atoms with Gasteiger partial charge in [0.1, 0.15) is 6.54 Å². The largest absolute Gasteiger partial charge is 1.00 e. The van der Waals surface area contributed by atoms with E-state index in [1.807, 2.05) is 0 Å². The van der Waals surface area contributed by atoms with E-state index in [-0.39, 0.29) is 12.4 Å². The van der Waals surface area contributed by atoms with Crippen molar-refractivity contribution in [3.63, 3.8) is 0 Å². The van der Waals surface area contributed by atoms with Gasteiger partial charge in [0.05, 0.1) is 44.4 Å². The molecular formula is C10H20ClNO3S. The molecule has 1 atom stereocenters. The maximum Gasteiger partial charge on any atom is 0.161 e. The first-order valence-electron chi connectivity index (χ1n) is 5.65. The van der Waals surface area contributed by atoms with Gasteiger partial charge in [-0.2, -0.15) is 0 Å². The number of rotatable bonds is 0. The number of hydrogen-bond acceptors (Lipinski definition) is 3. The minimum absolute atomic E-state index is 0. The lowest BCUT2D eigenvalue weighted by Crippen LogP contribution is -3.00. The Labute approximate surface area is 104 Å². The van der Waals surface area contributed by atoms with Crippen LogP contribution in [-0.4, -0.2) is 63.8 Å². The van der Waals surface area contributed by atoms with E-state index in [2.05, 4.69) is 6.92 Å². The second-order valence-electron chi connectivity index (χ2n) is 5.03. The van der Waals surface area contributed by atoms with Gasteiger partial charge in [0.15, 0.2) is 9.84 Å². The highest BCUT2D eigenvalue weighted by Gasteiger charge is 2.38. The molecule has 0 radical (unpaired) electrons. The van der Waals surface area contributed by atoms with Crippen LogP contribution in [-0.2, 0) is 14.6 Å². The molecule has 0 bridgehead atoms. The van der Waals surface area contributed by atoms with Crippen molar-refractivity contribution in [1.29, 1.82) is 0 Å². The highest BCUT2D eigenvalue weighted by Crippen LogP contribution is 2.20. The summed E-state index contributed by atoms with van der Waals surface area (Å²) in [4.78, 5) is 0. The fraction of sp³-hybridized carbons (Fsp3) is 1.00. The molecule has 96 valence electrons. The summed E-state index contributed by atoms with van der Waals surface area (Å²) in [6.45, 7) is 7.44. The average Bonchev–Trinajstić information content (AvgIpc) is 2.35. The van der Waals surface area contributed by atoms with Gasteiger partial charge < -0.3 is 21.6 Å². The molecule has 0 aromatic rings. The molecule has 0 aliphatic carbocycles. The molecule has 4 nitrogen and oxygen atoms in total. The van der Waals surface area contributed by atoms with Crippen molar-refractivity contribution in [1.82, 2.24) is 0 Å². The molecule has 0 aromatic heterocycles. The summed E-state index contributed by atoms with van der Waals surface area (Å²) in [5, 5.41) is 0. The number of nitrogens with zero attached hydrogens (tertiary/aromatic N) is 1. The van der Waals surface area contributed by atoms with E-state index in [0.29, 0.717) is 17.4 Å².